The van der Waals surface area contributed by atoms with Crippen LogP contribution < -0.4 is 10.6 Å². The van der Waals surface area contributed by atoms with E-state index in [9.17, 15) is 18.0 Å². The maximum Gasteiger partial charge on any atom is 0.323 e. The highest BCUT2D eigenvalue weighted by Crippen LogP contribution is 2.19. The fourth-order valence-electron chi connectivity index (χ4n) is 1.03. The summed E-state index contributed by atoms with van der Waals surface area (Å²) in [7, 11) is 0. The van der Waals surface area contributed by atoms with Gasteiger partial charge in [-0.1, -0.05) is 13.0 Å². The quantitative estimate of drug-likeness (QED) is 0.788. The fraction of sp³-hybridized carbons (Fsp3) is 0.182. The predicted octanol–water partition coefficient (Wildman–Crippen LogP) is 3.15. The van der Waals surface area contributed by atoms with Crippen molar-refractivity contribution < 1.29 is 18.0 Å². The van der Waals surface area contributed by atoms with Crippen molar-refractivity contribution in [2.45, 2.75) is 13.3 Å². The summed E-state index contributed by atoms with van der Waals surface area (Å²) in [6.07, 6.45) is 3.76. The van der Waals surface area contributed by atoms with Crippen LogP contribution in [0.25, 0.3) is 0 Å². The fourth-order valence-corrected chi connectivity index (χ4v) is 1.03. The van der Waals surface area contributed by atoms with Gasteiger partial charge in [0.15, 0.2) is 17.5 Å². The van der Waals surface area contributed by atoms with E-state index in [1.165, 1.54) is 6.20 Å². The summed E-state index contributed by atoms with van der Waals surface area (Å²) < 4.78 is 38.5. The molecule has 1 aromatic carbocycles. The number of urea groups is 1. The molecule has 3 nitrogen and oxygen atoms in total. The van der Waals surface area contributed by atoms with Gasteiger partial charge in [0.25, 0.3) is 0 Å². The monoisotopic (exact) mass is 244 g/mol. The topological polar surface area (TPSA) is 41.1 Å². The Labute approximate surface area is 96.3 Å². The first-order chi connectivity index (χ1) is 8.06. The zero-order valence-electron chi connectivity index (χ0n) is 9.06. The molecule has 0 spiro atoms. The Balaban J connectivity index is 2.72. The maximum atomic E-state index is 13.1. The molecule has 0 saturated heterocycles. The Hall–Kier alpha value is -1.98. The van der Waals surface area contributed by atoms with E-state index < -0.39 is 29.2 Å². The molecule has 0 atom stereocenters. The molecule has 1 aromatic rings. The molecule has 92 valence electrons. The number of hydrogen-bond donors (Lipinski definition) is 2. The van der Waals surface area contributed by atoms with Crippen LogP contribution in [-0.4, -0.2) is 6.03 Å². The lowest BCUT2D eigenvalue weighted by Crippen LogP contribution is -2.24. The Morgan fingerprint density at radius 3 is 2.65 bits per heavy atom. The average Bonchev–Trinajstić information content (AvgIpc) is 2.30. The van der Waals surface area contributed by atoms with Crippen LogP contribution in [0.15, 0.2) is 24.4 Å². The van der Waals surface area contributed by atoms with Gasteiger partial charge in [-0.3, -0.25) is 0 Å². The lowest BCUT2D eigenvalue weighted by Gasteiger charge is -2.06. The van der Waals surface area contributed by atoms with Gasteiger partial charge in [-0.2, -0.15) is 0 Å². The molecule has 0 radical (unpaired) electrons. The highest BCUT2D eigenvalue weighted by atomic mass is 19.2. The molecule has 0 aromatic heterocycles. The first-order valence-electron chi connectivity index (χ1n) is 4.92. The number of allylic oxidation sites excluding steroid dienone is 1. The average molecular weight is 244 g/mol. The standard InChI is InChI=1S/C11H11F3N2O/c1-2-3-6-15-11(17)16-8-5-4-7(12)9(13)10(8)14/h3-6H,2H2,1H3,(H2,15,16,17)/b6-3+. The molecule has 0 heterocycles. The molecule has 2 N–H and O–H groups in total. The van der Waals surface area contributed by atoms with E-state index in [1.54, 1.807) is 6.08 Å². The Kier molecular flexibility index (Phi) is 4.56. The van der Waals surface area contributed by atoms with Crippen LogP contribution in [-0.2, 0) is 0 Å². The Bertz CT molecular complexity index is 447. The number of benzene rings is 1. The number of rotatable bonds is 3. The predicted molar refractivity (Wildman–Crippen MR) is 57.9 cm³/mol. The first kappa shape index (κ1) is 13.1. The third-order valence-electron chi connectivity index (χ3n) is 1.85. The van der Waals surface area contributed by atoms with Gasteiger partial charge in [-0.25, -0.2) is 18.0 Å². The SMILES string of the molecule is CC/C=C/NC(=O)Nc1ccc(F)c(F)c1F. The molecule has 0 aliphatic rings. The molecule has 0 aliphatic carbocycles. The van der Waals surface area contributed by atoms with Crippen molar-refractivity contribution in [3.63, 3.8) is 0 Å². The molecule has 1 rings (SSSR count). The number of amides is 2. The molecule has 0 aliphatic heterocycles. The molecular weight excluding hydrogens is 233 g/mol. The second kappa shape index (κ2) is 5.93. The van der Waals surface area contributed by atoms with Gasteiger partial charge in [0.1, 0.15) is 0 Å². The number of halogens is 3. The van der Waals surface area contributed by atoms with Gasteiger partial charge in [0.05, 0.1) is 5.69 Å². The third-order valence-corrected chi connectivity index (χ3v) is 1.85. The summed E-state index contributed by atoms with van der Waals surface area (Å²) in [4.78, 5) is 11.2. The molecule has 2 amide bonds. The zero-order valence-corrected chi connectivity index (χ0v) is 9.06. The Morgan fingerprint density at radius 1 is 1.29 bits per heavy atom. The van der Waals surface area contributed by atoms with Crippen molar-refractivity contribution in [3.8, 4) is 0 Å². The van der Waals surface area contributed by atoms with Crippen molar-refractivity contribution in [2.75, 3.05) is 5.32 Å². The van der Waals surface area contributed by atoms with Crippen LogP contribution in [0.2, 0.25) is 0 Å². The molecule has 0 saturated carbocycles. The van der Waals surface area contributed by atoms with Crippen LogP contribution in [0.1, 0.15) is 13.3 Å². The number of hydrogen-bond acceptors (Lipinski definition) is 1. The van der Waals surface area contributed by atoms with E-state index in [0.717, 1.165) is 18.6 Å². The Morgan fingerprint density at radius 2 is 2.00 bits per heavy atom. The summed E-state index contributed by atoms with van der Waals surface area (Å²) in [5.74, 6) is -4.36. The number of nitrogens with one attached hydrogen (secondary N) is 2. The van der Waals surface area contributed by atoms with Gasteiger partial charge in [0, 0.05) is 6.20 Å². The van der Waals surface area contributed by atoms with Crippen molar-refractivity contribution in [1.82, 2.24) is 5.32 Å². The van der Waals surface area contributed by atoms with E-state index in [2.05, 4.69) is 10.6 Å². The lowest BCUT2D eigenvalue weighted by atomic mass is 10.3. The number of anilines is 1. The van der Waals surface area contributed by atoms with Gasteiger partial charge >= 0.3 is 6.03 Å². The summed E-state index contributed by atoms with van der Waals surface area (Å²) in [6, 6.07) is 0.937. The zero-order chi connectivity index (χ0) is 12.8. The minimum absolute atomic E-state index is 0.425. The molecule has 0 fully saturated rings. The second-order valence-corrected chi connectivity index (χ2v) is 3.13. The van der Waals surface area contributed by atoms with Crippen molar-refractivity contribution >= 4 is 11.7 Å². The summed E-state index contributed by atoms with van der Waals surface area (Å²) in [5, 5.41) is 4.33. The largest absolute Gasteiger partial charge is 0.323 e. The number of carbonyl (C=O) groups excluding carboxylic acids is 1. The third kappa shape index (κ3) is 3.51. The van der Waals surface area contributed by atoms with Crippen molar-refractivity contribution in [2.24, 2.45) is 0 Å². The van der Waals surface area contributed by atoms with E-state index in [0.29, 0.717) is 0 Å². The number of carbonyl (C=O) groups is 1. The van der Waals surface area contributed by atoms with E-state index in [-0.39, 0.29) is 0 Å². The van der Waals surface area contributed by atoms with Crippen molar-refractivity contribution in [3.05, 3.63) is 41.9 Å². The minimum Gasteiger partial charge on any atom is -0.315 e. The van der Waals surface area contributed by atoms with Crippen LogP contribution >= 0.6 is 0 Å². The van der Waals surface area contributed by atoms with Gasteiger partial charge < -0.3 is 10.6 Å². The smallest absolute Gasteiger partial charge is 0.315 e. The maximum absolute atomic E-state index is 13.1. The lowest BCUT2D eigenvalue weighted by molar-refractivity contribution is 0.255. The van der Waals surface area contributed by atoms with Crippen molar-refractivity contribution in [1.29, 1.82) is 0 Å². The normalized spacial score (nSPS) is 10.6. The summed E-state index contributed by atoms with van der Waals surface area (Å²) >= 11 is 0. The first-order valence-corrected chi connectivity index (χ1v) is 4.92. The van der Waals surface area contributed by atoms with Crippen LogP contribution in [0, 0.1) is 17.5 Å². The summed E-state index contributed by atoms with van der Waals surface area (Å²) in [5.41, 5.74) is -0.425. The molecular formula is C11H11F3N2O. The minimum atomic E-state index is -1.62. The highest BCUT2D eigenvalue weighted by molar-refractivity contribution is 5.89. The van der Waals surface area contributed by atoms with Crippen LogP contribution in [0.3, 0.4) is 0 Å². The van der Waals surface area contributed by atoms with E-state index >= 15 is 0 Å². The van der Waals surface area contributed by atoms with Crippen LogP contribution in [0.4, 0.5) is 23.7 Å². The van der Waals surface area contributed by atoms with Crippen LogP contribution in [0.5, 0.6) is 0 Å². The van der Waals surface area contributed by atoms with Gasteiger partial charge in [0.2, 0.25) is 0 Å². The van der Waals surface area contributed by atoms with Gasteiger partial charge in [-0.15, -0.1) is 0 Å². The molecule has 0 bridgehead atoms. The molecule has 6 heteroatoms. The summed E-state index contributed by atoms with van der Waals surface area (Å²) in [6.45, 7) is 1.87. The van der Waals surface area contributed by atoms with E-state index in [4.69, 9.17) is 0 Å². The highest BCUT2D eigenvalue weighted by Gasteiger charge is 2.14. The molecule has 17 heavy (non-hydrogen) atoms. The second-order valence-electron chi connectivity index (χ2n) is 3.13. The van der Waals surface area contributed by atoms with E-state index in [1.807, 2.05) is 6.92 Å². The molecule has 0 unspecified atom stereocenters. The van der Waals surface area contributed by atoms with Gasteiger partial charge in [-0.05, 0) is 18.6 Å².